The van der Waals surface area contributed by atoms with E-state index in [9.17, 15) is 19.7 Å². The van der Waals surface area contributed by atoms with E-state index in [0.717, 1.165) is 11.8 Å². The SMILES string of the molecule is COC(=O)[C@@H]1Cc2ncn(C)c2CN1C(=O)c1cc(OC)c(OC)cc1[N+](=O)[O-]. The largest absolute Gasteiger partial charge is 0.493 e. The molecule has 0 fully saturated rings. The fourth-order valence-electron chi connectivity index (χ4n) is 3.35. The van der Waals surface area contributed by atoms with Gasteiger partial charge in [0.15, 0.2) is 11.5 Å². The van der Waals surface area contributed by atoms with Crippen molar-refractivity contribution in [1.29, 1.82) is 0 Å². The topological polar surface area (TPSA) is 126 Å². The molecule has 1 aromatic carbocycles. The summed E-state index contributed by atoms with van der Waals surface area (Å²) in [5, 5.41) is 11.6. The maximum absolute atomic E-state index is 13.4. The molecule has 0 saturated heterocycles. The molecular weight excluding hydrogens is 384 g/mol. The number of ether oxygens (including phenoxy) is 3. The van der Waals surface area contributed by atoms with Crippen LogP contribution < -0.4 is 9.47 Å². The Morgan fingerprint density at radius 1 is 1.21 bits per heavy atom. The summed E-state index contributed by atoms with van der Waals surface area (Å²) >= 11 is 0. The van der Waals surface area contributed by atoms with Crippen LogP contribution in [0.15, 0.2) is 18.5 Å². The normalized spacial score (nSPS) is 15.4. The highest BCUT2D eigenvalue weighted by Crippen LogP contribution is 2.36. The Kier molecular flexibility index (Phi) is 5.39. The Morgan fingerprint density at radius 2 is 1.86 bits per heavy atom. The number of nitrogens with zero attached hydrogens (tertiary/aromatic N) is 4. The van der Waals surface area contributed by atoms with Crippen LogP contribution in [0.3, 0.4) is 0 Å². The predicted octanol–water partition coefficient (Wildman–Crippen LogP) is 1.09. The molecule has 0 radical (unpaired) electrons. The van der Waals surface area contributed by atoms with E-state index < -0.39 is 28.5 Å². The number of esters is 1. The summed E-state index contributed by atoms with van der Waals surface area (Å²) in [6.45, 7) is 0.0515. The maximum Gasteiger partial charge on any atom is 0.329 e. The van der Waals surface area contributed by atoms with E-state index in [-0.39, 0.29) is 30.0 Å². The van der Waals surface area contributed by atoms with Crippen LogP contribution in [0.5, 0.6) is 11.5 Å². The van der Waals surface area contributed by atoms with Gasteiger partial charge in [-0.15, -0.1) is 0 Å². The van der Waals surface area contributed by atoms with Crippen molar-refractivity contribution in [3.05, 3.63) is 45.5 Å². The molecule has 1 aromatic heterocycles. The molecule has 29 heavy (non-hydrogen) atoms. The van der Waals surface area contributed by atoms with Gasteiger partial charge in [-0.1, -0.05) is 0 Å². The maximum atomic E-state index is 13.4. The zero-order chi connectivity index (χ0) is 21.3. The number of hydrogen-bond donors (Lipinski definition) is 0. The van der Waals surface area contributed by atoms with E-state index in [2.05, 4.69) is 4.98 Å². The van der Waals surface area contributed by atoms with Crippen molar-refractivity contribution in [2.24, 2.45) is 7.05 Å². The third kappa shape index (κ3) is 3.46. The van der Waals surface area contributed by atoms with Crippen LogP contribution in [0.4, 0.5) is 5.69 Å². The summed E-state index contributed by atoms with van der Waals surface area (Å²) in [6, 6.07) is 1.41. The summed E-state index contributed by atoms with van der Waals surface area (Å²) in [6.07, 6.45) is 1.74. The second-order valence-corrected chi connectivity index (χ2v) is 6.41. The summed E-state index contributed by atoms with van der Waals surface area (Å²) in [5.41, 5.74) is 0.745. The van der Waals surface area contributed by atoms with E-state index in [0.29, 0.717) is 5.69 Å². The lowest BCUT2D eigenvalue weighted by Crippen LogP contribution is -2.49. The summed E-state index contributed by atoms with van der Waals surface area (Å²) in [4.78, 5) is 42.1. The molecule has 0 bridgehead atoms. The molecule has 11 heteroatoms. The lowest BCUT2D eigenvalue weighted by atomic mass is 10.00. The first-order valence-corrected chi connectivity index (χ1v) is 8.60. The highest BCUT2D eigenvalue weighted by Gasteiger charge is 2.40. The summed E-state index contributed by atoms with van der Waals surface area (Å²) in [5.74, 6) is -1.04. The second-order valence-electron chi connectivity index (χ2n) is 6.41. The fourth-order valence-corrected chi connectivity index (χ4v) is 3.35. The molecule has 1 amide bonds. The number of aryl methyl sites for hydroxylation is 1. The molecule has 0 N–H and O–H groups in total. The minimum Gasteiger partial charge on any atom is -0.493 e. The smallest absolute Gasteiger partial charge is 0.329 e. The predicted molar refractivity (Wildman–Crippen MR) is 98.8 cm³/mol. The first kappa shape index (κ1) is 20.1. The van der Waals surface area contributed by atoms with Gasteiger partial charge in [-0.25, -0.2) is 9.78 Å². The second kappa shape index (κ2) is 7.78. The van der Waals surface area contributed by atoms with Crippen LogP contribution in [0, 0.1) is 10.1 Å². The minimum absolute atomic E-state index is 0.0515. The number of carbonyl (C=O) groups excluding carboxylic acids is 2. The fraction of sp³-hybridized carbons (Fsp3) is 0.389. The zero-order valence-electron chi connectivity index (χ0n) is 16.4. The lowest BCUT2D eigenvalue weighted by Gasteiger charge is -2.33. The molecule has 3 rings (SSSR count). The minimum atomic E-state index is -0.956. The van der Waals surface area contributed by atoms with Crippen LogP contribution in [0.2, 0.25) is 0 Å². The molecule has 11 nitrogen and oxygen atoms in total. The number of carbonyl (C=O) groups is 2. The van der Waals surface area contributed by atoms with Crippen molar-refractivity contribution in [2.45, 2.75) is 19.0 Å². The van der Waals surface area contributed by atoms with Crippen LogP contribution in [0.25, 0.3) is 0 Å². The Morgan fingerprint density at radius 3 is 2.45 bits per heavy atom. The van der Waals surface area contributed by atoms with Gasteiger partial charge in [0.05, 0.1) is 56.6 Å². The van der Waals surface area contributed by atoms with Gasteiger partial charge < -0.3 is 23.7 Å². The molecule has 1 aliphatic heterocycles. The van der Waals surface area contributed by atoms with Crippen LogP contribution in [0.1, 0.15) is 21.7 Å². The number of nitro benzene ring substituents is 1. The molecule has 0 spiro atoms. The molecule has 2 aromatic rings. The van der Waals surface area contributed by atoms with E-state index in [4.69, 9.17) is 14.2 Å². The number of amides is 1. The molecule has 0 saturated carbocycles. The molecule has 154 valence electrons. The van der Waals surface area contributed by atoms with Gasteiger partial charge in [-0.05, 0) is 0 Å². The highest BCUT2D eigenvalue weighted by molar-refractivity contribution is 6.01. The third-order valence-corrected chi connectivity index (χ3v) is 4.89. The monoisotopic (exact) mass is 404 g/mol. The standard InChI is InChI=1S/C18H20N4O7/c1-20-9-19-11-6-13(18(24)29-4)21(8-14(11)20)17(23)10-5-15(27-2)16(28-3)7-12(10)22(25)26/h5,7,9,13H,6,8H2,1-4H3/t13-/m0/s1. The van der Waals surface area contributed by atoms with Crippen molar-refractivity contribution in [3.63, 3.8) is 0 Å². The van der Waals surface area contributed by atoms with Gasteiger partial charge in [0, 0.05) is 19.5 Å². The van der Waals surface area contributed by atoms with Crippen LogP contribution >= 0.6 is 0 Å². The van der Waals surface area contributed by atoms with Crippen molar-refractivity contribution in [2.75, 3.05) is 21.3 Å². The summed E-state index contributed by atoms with van der Waals surface area (Å²) < 4.78 is 16.9. The number of imidazole rings is 1. The third-order valence-electron chi connectivity index (χ3n) is 4.89. The van der Waals surface area contributed by atoms with E-state index >= 15 is 0 Å². The first-order valence-electron chi connectivity index (χ1n) is 8.60. The average Bonchev–Trinajstić information content (AvgIpc) is 3.10. The van der Waals surface area contributed by atoms with Crippen molar-refractivity contribution >= 4 is 17.6 Å². The number of benzene rings is 1. The Balaban J connectivity index is 2.11. The van der Waals surface area contributed by atoms with Gasteiger partial charge in [-0.2, -0.15) is 0 Å². The number of nitro groups is 1. The highest BCUT2D eigenvalue weighted by atomic mass is 16.6. The molecule has 1 aliphatic rings. The van der Waals surface area contributed by atoms with Crippen LogP contribution in [-0.4, -0.2) is 58.6 Å². The number of fused-ring (bicyclic) bond motifs is 1. The number of methoxy groups -OCH3 is 3. The number of hydrogen-bond acceptors (Lipinski definition) is 8. The quantitative estimate of drug-likeness (QED) is 0.412. The number of rotatable bonds is 5. The average molecular weight is 404 g/mol. The van der Waals surface area contributed by atoms with E-state index in [1.54, 1.807) is 17.9 Å². The molecule has 0 unspecified atom stereocenters. The molecule has 0 aliphatic carbocycles. The van der Waals surface area contributed by atoms with Gasteiger partial charge in [0.25, 0.3) is 11.6 Å². The Labute approximate surface area is 165 Å². The van der Waals surface area contributed by atoms with Gasteiger partial charge in [0.2, 0.25) is 0 Å². The van der Waals surface area contributed by atoms with Crippen molar-refractivity contribution < 1.29 is 28.7 Å². The Hall–Kier alpha value is -3.63. The molecule has 2 heterocycles. The van der Waals surface area contributed by atoms with Crippen molar-refractivity contribution in [1.82, 2.24) is 14.5 Å². The summed E-state index contributed by atoms with van der Waals surface area (Å²) in [7, 11) is 5.69. The van der Waals surface area contributed by atoms with E-state index in [1.807, 2.05) is 0 Å². The molecular formula is C18H20N4O7. The van der Waals surface area contributed by atoms with Gasteiger partial charge >= 0.3 is 5.97 Å². The zero-order valence-corrected chi connectivity index (χ0v) is 16.4. The first-order chi connectivity index (χ1) is 13.8. The lowest BCUT2D eigenvalue weighted by molar-refractivity contribution is -0.385. The van der Waals surface area contributed by atoms with E-state index in [1.165, 1.54) is 32.3 Å². The number of aromatic nitrogens is 2. The molecule has 1 atom stereocenters. The van der Waals surface area contributed by atoms with Gasteiger partial charge in [-0.3, -0.25) is 14.9 Å². The van der Waals surface area contributed by atoms with Gasteiger partial charge in [0.1, 0.15) is 11.6 Å². The van der Waals surface area contributed by atoms with Crippen LogP contribution in [-0.2, 0) is 29.5 Å². The Bertz CT molecular complexity index is 985. The van der Waals surface area contributed by atoms with Crippen molar-refractivity contribution in [3.8, 4) is 11.5 Å².